The van der Waals surface area contributed by atoms with Gasteiger partial charge in [0.1, 0.15) is 10.7 Å². The molecule has 2 heterocycles. The van der Waals surface area contributed by atoms with Gasteiger partial charge in [0.15, 0.2) is 0 Å². The maximum absolute atomic E-state index is 4.62. The second-order valence-corrected chi connectivity index (χ2v) is 5.53. The molecule has 2 nitrogen and oxygen atoms in total. The Kier molecular flexibility index (Phi) is 3.21. The molecule has 4 heteroatoms. The van der Waals surface area contributed by atoms with Crippen molar-refractivity contribution in [2.75, 3.05) is 0 Å². The summed E-state index contributed by atoms with van der Waals surface area (Å²) in [5.74, 6) is 0. The van der Waals surface area contributed by atoms with Crippen molar-refractivity contribution in [3.63, 3.8) is 0 Å². The number of halogens is 1. The minimum Gasteiger partial charge on any atom is -0.255 e. The molecule has 2 aromatic heterocycles. The third-order valence-corrected chi connectivity index (χ3v) is 3.94. The summed E-state index contributed by atoms with van der Waals surface area (Å²) in [6, 6.07) is 14.0. The standard InChI is InChI=1S/C14H9BrN2S/c15-11-6-4-10(5-7-11)14-17-13(9-18-14)12-3-1-2-8-16-12/h1-9H. The third kappa shape index (κ3) is 2.35. The molecule has 3 rings (SSSR count). The quantitative estimate of drug-likeness (QED) is 0.688. The maximum Gasteiger partial charge on any atom is 0.124 e. The molecule has 88 valence electrons. The lowest BCUT2D eigenvalue weighted by atomic mass is 10.2. The number of rotatable bonds is 2. The Hall–Kier alpha value is -1.52. The van der Waals surface area contributed by atoms with Gasteiger partial charge in [0, 0.05) is 21.6 Å². The molecule has 0 saturated carbocycles. The highest BCUT2D eigenvalue weighted by Gasteiger charge is 2.06. The Balaban J connectivity index is 1.97. The summed E-state index contributed by atoms with van der Waals surface area (Å²) < 4.78 is 1.08. The number of pyridine rings is 1. The first-order chi connectivity index (χ1) is 8.83. The molecule has 0 aliphatic heterocycles. The van der Waals surface area contributed by atoms with Crippen LogP contribution in [0.15, 0.2) is 58.5 Å². The molecule has 0 fully saturated rings. The smallest absolute Gasteiger partial charge is 0.124 e. The van der Waals surface area contributed by atoms with E-state index in [1.54, 1.807) is 17.5 Å². The van der Waals surface area contributed by atoms with E-state index in [0.29, 0.717) is 0 Å². The summed E-state index contributed by atoms with van der Waals surface area (Å²) in [7, 11) is 0. The van der Waals surface area contributed by atoms with Crippen LogP contribution >= 0.6 is 27.3 Å². The molecule has 0 unspecified atom stereocenters. The van der Waals surface area contributed by atoms with Crippen molar-refractivity contribution in [3.8, 4) is 22.0 Å². The van der Waals surface area contributed by atoms with E-state index in [4.69, 9.17) is 0 Å². The van der Waals surface area contributed by atoms with Crippen LogP contribution in [0.3, 0.4) is 0 Å². The number of thiazole rings is 1. The van der Waals surface area contributed by atoms with Gasteiger partial charge >= 0.3 is 0 Å². The predicted molar refractivity (Wildman–Crippen MR) is 78.5 cm³/mol. The van der Waals surface area contributed by atoms with Crippen LogP contribution in [0.1, 0.15) is 0 Å². The fourth-order valence-corrected chi connectivity index (χ4v) is 2.71. The highest BCUT2D eigenvalue weighted by Crippen LogP contribution is 2.28. The summed E-state index contributed by atoms with van der Waals surface area (Å²) in [5.41, 5.74) is 2.97. The van der Waals surface area contributed by atoms with Crippen molar-refractivity contribution in [2.45, 2.75) is 0 Å². The van der Waals surface area contributed by atoms with Crippen LogP contribution in [-0.2, 0) is 0 Å². The Morgan fingerprint density at radius 2 is 1.78 bits per heavy atom. The molecule has 0 atom stereocenters. The summed E-state index contributed by atoms with van der Waals surface area (Å²) in [4.78, 5) is 8.93. The average Bonchev–Trinajstić information content (AvgIpc) is 2.90. The molecule has 0 bridgehead atoms. The highest BCUT2D eigenvalue weighted by atomic mass is 79.9. The van der Waals surface area contributed by atoms with Gasteiger partial charge in [0.25, 0.3) is 0 Å². The molecule has 1 aromatic carbocycles. The lowest BCUT2D eigenvalue weighted by Crippen LogP contribution is -1.82. The van der Waals surface area contributed by atoms with E-state index < -0.39 is 0 Å². The fourth-order valence-electron chi connectivity index (χ4n) is 1.63. The second-order valence-electron chi connectivity index (χ2n) is 3.76. The molecule has 0 aliphatic carbocycles. The predicted octanol–water partition coefficient (Wildman–Crippen LogP) is 4.63. The van der Waals surface area contributed by atoms with Gasteiger partial charge in [-0.25, -0.2) is 4.98 Å². The molecule has 0 N–H and O–H groups in total. The minimum absolute atomic E-state index is 0.914. The highest BCUT2D eigenvalue weighted by molar-refractivity contribution is 9.10. The molecule has 0 spiro atoms. The van der Waals surface area contributed by atoms with Gasteiger partial charge in [-0.2, -0.15) is 0 Å². The van der Waals surface area contributed by atoms with Gasteiger partial charge in [-0.05, 0) is 24.3 Å². The Bertz CT molecular complexity index is 647. The molecular formula is C14H9BrN2S. The largest absolute Gasteiger partial charge is 0.255 e. The van der Waals surface area contributed by atoms with E-state index >= 15 is 0 Å². The lowest BCUT2D eigenvalue weighted by molar-refractivity contribution is 1.28. The van der Waals surface area contributed by atoms with Crippen molar-refractivity contribution in [1.82, 2.24) is 9.97 Å². The monoisotopic (exact) mass is 316 g/mol. The van der Waals surface area contributed by atoms with Crippen LogP contribution in [0, 0.1) is 0 Å². The average molecular weight is 317 g/mol. The fraction of sp³-hybridized carbons (Fsp3) is 0. The molecular weight excluding hydrogens is 308 g/mol. The van der Waals surface area contributed by atoms with E-state index in [-0.39, 0.29) is 0 Å². The zero-order valence-corrected chi connectivity index (χ0v) is 11.8. The van der Waals surface area contributed by atoms with Crippen molar-refractivity contribution >= 4 is 27.3 Å². The van der Waals surface area contributed by atoms with Crippen LogP contribution in [0.5, 0.6) is 0 Å². The number of hydrogen-bond donors (Lipinski definition) is 0. The van der Waals surface area contributed by atoms with Crippen LogP contribution in [0.2, 0.25) is 0 Å². The van der Waals surface area contributed by atoms with Gasteiger partial charge < -0.3 is 0 Å². The first kappa shape index (κ1) is 11.6. The summed E-state index contributed by atoms with van der Waals surface area (Å²) >= 11 is 5.07. The van der Waals surface area contributed by atoms with Crippen molar-refractivity contribution in [2.24, 2.45) is 0 Å². The normalized spacial score (nSPS) is 10.5. The zero-order valence-electron chi connectivity index (χ0n) is 9.38. The first-order valence-corrected chi connectivity index (χ1v) is 7.13. The van der Waals surface area contributed by atoms with Gasteiger partial charge in [-0.15, -0.1) is 11.3 Å². The summed E-state index contributed by atoms with van der Waals surface area (Å²) in [6.07, 6.45) is 1.79. The lowest BCUT2D eigenvalue weighted by Gasteiger charge is -1.96. The number of aromatic nitrogens is 2. The molecule has 18 heavy (non-hydrogen) atoms. The number of hydrogen-bond acceptors (Lipinski definition) is 3. The Morgan fingerprint density at radius 3 is 2.50 bits per heavy atom. The Morgan fingerprint density at radius 1 is 0.944 bits per heavy atom. The van der Waals surface area contributed by atoms with Crippen molar-refractivity contribution in [1.29, 1.82) is 0 Å². The van der Waals surface area contributed by atoms with E-state index in [2.05, 4.69) is 38.0 Å². The van der Waals surface area contributed by atoms with E-state index in [0.717, 1.165) is 26.4 Å². The molecule has 0 saturated heterocycles. The second kappa shape index (κ2) is 5.00. The molecule has 3 aromatic rings. The van der Waals surface area contributed by atoms with Gasteiger partial charge in [-0.1, -0.05) is 34.1 Å². The van der Waals surface area contributed by atoms with Crippen LogP contribution in [0.25, 0.3) is 22.0 Å². The van der Waals surface area contributed by atoms with Crippen LogP contribution in [0.4, 0.5) is 0 Å². The van der Waals surface area contributed by atoms with Gasteiger partial charge in [-0.3, -0.25) is 4.98 Å². The number of nitrogens with zero attached hydrogens (tertiary/aromatic N) is 2. The van der Waals surface area contributed by atoms with Crippen molar-refractivity contribution < 1.29 is 0 Å². The SMILES string of the molecule is Brc1ccc(-c2nc(-c3ccccn3)cs2)cc1. The van der Waals surface area contributed by atoms with Crippen LogP contribution in [-0.4, -0.2) is 9.97 Å². The van der Waals surface area contributed by atoms with Gasteiger partial charge in [0.2, 0.25) is 0 Å². The number of benzene rings is 1. The van der Waals surface area contributed by atoms with E-state index in [9.17, 15) is 0 Å². The van der Waals surface area contributed by atoms with Crippen LogP contribution < -0.4 is 0 Å². The zero-order chi connectivity index (χ0) is 12.4. The molecule has 0 amide bonds. The van der Waals surface area contributed by atoms with E-state index in [1.807, 2.05) is 35.7 Å². The molecule has 0 aliphatic rings. The van der Waals surface area contributed by atoms with Crippen molar-refractivity contribution in [3.05, 3.63) is 58.5 Å². The topological polar surface area (TPSA) is 25.8 Å². The first-order valence-electron chi connectivity index (χ1n) is 5.46. The summed E-state index contributed by atoms with van der Waals surface area (Å²) in [6.45, 7) is 0. The maximum atomic E-state index is 4.62. The molecule has 0 radical (unpaired) electrons. The van der Waals surface area contributed by atoms with Gasteiger partial charge in [0.05, 0.1) is 5.69 Å². The third-order valence-electron chi connectivity index (χ3n) is 2.52. The Labute approximate surface area is 117 Å². The summed E-state index contributed by atoms with van der Waals surface area (Å²) in [5, 5.41) is 3.06. The van der Waals surface area contributed by atoms with E-state index in [1.165, 1.54) is 0 Å². The minimum atomic E-state index is 0.914.